The molecule has 7 heteroatoms. The number of likely N-dealkylation sites (N-methyl/N-ethyl adjacent to an activating group) is 1. The molecule has 1 unspecified atom stereocenters. The van der Waals surface area contributed by atoms with E-state index in [4.69, 9.17) is 0 Å². The number of carbonyl (C=O) groups excluding carboxylic acids is 2. The third-order valence-corrected chi connectivity index (χ3v) is 5.31. The molecule has 2 N–H and O–H groups in total. The Hall–Kier alpha value is -1.79. The Bertz CT molecular complexity index is 495. The van der Waals surface area contributed by atoms with Crippen LogP contribution >= 0.6 is 0 Å². The summed E-state index contributed by atoms with van der Waals surface area (Å²) in [6.07, 6.45) is 3.03. The highest BCUT2D eigenvalue weighted by Crippen LogP contribution is 2.48. The average molecular weight is 295 g/mol. The van der Waals surface area contributed by atoms with Crippen LogP contribution in [0.2, 0.25) is 0 Å². The van der Waals surface area contributed by atoms with Crippen molar-refractivity contribution in [2.24, 2.45) is 11.3 Å². The summed E-state index contributed by atoms with van der Waals surface area (Å²) in [5, 5.41) is 12.3. The van der Waals surface area contributed by atoms with Crippen LogP contribution < -0.4 is 5.32 Å². The van der Waals surface area contributed by atoms with Gasteiger partial charge in [0.2, 0.25) is 5.91 Å². The van der Waals surface area contributed by atoms with Gasteiger partial charge in [-0.3, -0.25) is 9.59 Å². The molecule has 0 radical (unpaired) electrons. The fourth-order valence-electron chi connectivity index (χ4n) is 3.99. The van der Waals surface area contributed by atoms with Gasteiger partial charge in [-0.05, 0) is 25.2 Å². The number of carboxylic acids is 1. The number of hydrogen-bond donors (Lipinski definition) is 2. The van der Waals surface area contributed by atoms with Gasteiger partial charge >= 0.3 is 12.0 Å². The zero-order valence-corrected chi connectivity index (χ0v) is 12.2. The fourth-order valence-corrected chi connectivity index (χ4v) is 3.99. The van der Waals surface area contributed by atoms with Gasteiger partial charge in [0.25, 0.3) is 0 Å². The van der Waals surface area contributed by atoms with Gasteiger partial charge in [-0.1, -0.05) is 6.42 Å². The number of rotatable bonds is 2. The van der Waals surface area contributed by atoms with E-state index in [1.165, 1.54) is 0 Å². The molecule has 1 saturated carbocycles. The van der Waals surface area contributed by atoms with Crippen LogP contribution in [0.1, 0.15) is 25.7 Å². The minimum absolute atomic E-state index is 0.0442. The number of carbonyl (C=O) groups is 3. The van der Waals surface area contributed by atoms with Crippen LogP contribution in [0, 0.1) is 11.3 Å². The Balaban J connectivity index is 1.65. The van der Waals surface area contributed by atoms with Crippen LogP contribution in [0.15, 0.2) is 0 Å². The summed E-state index contributed by atoms with van der Waals surface area (Å²) in [5.74, 6) is -0.824. The number of urea groups is 1. The van der Waals surface area contributed by atoms with Crippen LogP contribution in [-0.4, -0.2) is 65.5 Å². The molecule has 2 heterocycles. The molecule has 3 atom stereocenters. The van der Waals surface area contributed by atoms with Crippen LogP contribution in [-0.2, 0) is 9.59 Å². The van der Waals surface area contributed by atoms with Crippen LogP contribution in [0.25, 0.3) is 0 Å². The molecule has 1 aliphatic carbocycles. The topological polar surface area (TPSA) is 90.0 Å². The van der Waals surface area contributed by atoms with E-state index in [0.29, 0.717) is 25.9 Å². The molecule has 2 aliphatic heterocycles. The molecule has 0 aromatic heterocycles. The maximum absolute atomic E-state index is 12.3. The second kappa shape index (κ2) is 4.89. The Morgan fingerprint density at radius 3 is 2.71 bits per heavy atom. The Morgan fingerprint density at radius 2 is 2.14 bits per heavy atom. The van der Waals surface area contributed by atoms with Gasteiger partial charge in [-0.25, -0.2) is 4.79 Å². The van der Waals surface area contributed by atoms with Crippen molar-refractivity contribution in [2.45, 2.75) is 31.7 Å². The van der Waals surface area contributed by atoms with E-state index < -0.39 is 17.4 Å². The highest BCUT2D eigenvalue weighted by atomic mass is 16.4. The SMILES string of the molecule is CN1CCC(NC(=O)N2C[C@@H]3CCC[C@@]3(C(=O)O)C2)C1=O. The predicted molar refractivity (Wildman–Crippen MR) is 73.6 cm³/mol. The summed E-state index contributed by atoms with van der Waals surface area (Å²) in [6, 6.07) is -0.776. The predicted octanol–water partition coefficient (Wildman–Crippen LogP) is 0.113. The smallest absolute Gasteiger partial charge is 0.318 e. The highest BCUT2D eigenvalue weighted by Gasteiger charge is 2.56. The first-order valence-electron chi connectivity index (χ1n) is 7.48. The third-order valence-electron chi connectivity index (χ3n) is 5.31. The lowest BCUT2D eigenvalue weighted by atomic mass is 9.81. The number of aliphatic carboxylic acids is 1. The van der Waals surface area contributed by atoms with E-state index in [9.17, 15) is 19.5 Å². The van der Waals surface area contributed by atoms with Crippen molar-refractivity contribution in [1.29, 1.82) is 0 Å². The van der Waals surface area contributed by atoms with Crippen molar-refractivity contribution in [1.82, 2.24) is 15.1 Å². The summed E-state index contributed by atoms with van der Waals surface area (Å²) in [6.45, 7) is 1.38. The van der Waals surface area contributed by atoms with Crippen LogP contribution in [0.3, 0.4) is 0 Å². The van der Waals surface area contributed by atoms with Gasteiger partial charge < -0.3 is 20.2 Å². The molecule has 0 spiro atoms. The van der Waals surface area contributed by atoms with E-state index in [0.717, 1.165) is 12.8 Å². The molecule has 3 amide bonds. The van der Waals surface area contributed by atoms with Gasteiger partial charge in [-0.15, -0.1) is 0 Å². The largest absolute Gasteiger partial charge is 0.481 e. The lowest BCUT2D eigenvalue weighted by Gasteiger charge is -2.24. The summed E-state index contributed by atoms with van der Waals surface area (Å²) < 4.78 is 0. The molecule has 3 aliphatic rings. The third kappa shape index (κ3) is 2.15. The van der Waals surface area contributed by atoms with Gasteiger partial charge in [0.05, 0.1) is 5.41 Å². The molecule has 0 bridgehead atoms. The molecule has 7 nitrogen and oxygen atoms in total. The number of hydrogen-bond acceptors (Lipinski definition) is 3. The van der Waals surface area contributed by atoms with Gasteiger partial charge in [-0.2, -0.15) is 0 Å². The summed E-state index contributed by atoms with van der Waals surface area (Å²) in [7, 11) is 1.72. The number of nitrogens with zero attached hydrogens (tertiary/aromatic N) is 2. The maximum atomic E-state index is 12.3. The van der Waals surface area contributed by atoms with Crippen molar-refractivity contribution in [3.05, 3.63) is 0 Å². The maximum Gasteiger partial charge on any atom is 0.318 e. The van der Waals surface area contributed by atoms with Crippen molar-refractivity contribution in [2.75, 3.05) is 26.7 Å². The molecule has 3 fully saturated rings. The molecule has 0 aromatic rings. The summed E-state index contributed by atoms with van der Waals surface area (Å²) >= 11 is 0. The van der Waals surface area contributed by atoms with E-state index >= 15 is 0 Å². The standard InChI is InChI=1S/C14H21N3O4/c1-16-6-4-10(11(16)18)15-13(21)17-7-9-3-2-5-14(9,8-17)12(19)20/h9-10H,2-8H2,1H3,(H,15,21)(H,19,20)/t9-,10?,14+/m0/s1. The van der Waals surface area contributed by atoms with E-state index in [-0.39, 0.29) is 24.4 Å². The molecular weight excluding hydrogens is 274 g/mol. The van der Waals surface area contributed by atoms with Crippen molar-refractivity contribution < 1.29 is 19.5 Å². The van der Waals surface area contributed by atoms with Gasteiger partial charge in [0.15, 0.2) is 0 Å². The lowest BCUT2D eigenvalue weighted by molar-refractivity contribution is -0.149. The first kappa shape index (κ1) is 14.2. The second-order valence-corrected chi connectivity index (χ2v) is 6.48. The first-order valence-corrected chi connectivity index (χ1v) is 7.48. The van der Waals surface area contributed by atoms with Crippen molar-refractivity contribution in [3.8, 4) is 0 Å². The van der Waals surface area contributed by atoms with Crippen molar-refractivity contribution >= 4 is 17.9 Å². The normalized spacial score (nSPS) is 35.2. The van der Waals surface area contributed by atoms with Crippen LogP contribution in [0.4, 0.5) is 4.79 Å². The van der Waals surface area contributed by atoms with Gasteiger partial charge in [0, 0.05) is 26.7 Å². The molecule has 21 heavy (non-hydrogen) atoms. The van der Waals surface area contributed by atoms with Crippen LogP contribution in [0.5, 0.6) is 0 Å². The summed E-state index contributed by atoms with van der Waals surface area (Å²) in [4.78, 5) is 38.9. The van der Waals surface area contributed by atoms with Crippen molar-refractivity contribution in [3.63, 3.8) is 0 Å². The number of amides is 3. The van der Waals surface area contributed by atoms with Gasteiger partial charge in [0.1, 0.15) is 6.04 Å². The second-order valence-electron chi connectivity index (χ2n) is 6.48. The number of likely N-dealkylation sites (tertiary alicyclic amines) is 2. The molecule has 2 saturated heterocycles. The van der Waals surface area contributed by atoms with E-state index in [1.807, 2.05) is 0 Å². The average Bonchev–Trinajstić information content (AvgIpc) is 3.06. The Labute approximate surface area is 123 Å². The monoisotopic (exact) mass is 295 g/mol. The Kier molecular flexibility index (Phi) is 3.30. The van der Waals surface area contributed by atoms with E-state index in [1.54, 1.807) is 16.8 Å². The summed E-state index contributed by atoms with van der Waals surface area (Å²) in [5.41, 5.74) is -0.770. The number of carboxylic acid groups (broad SMARTS) is 1. The molecule has 0 aromatic carbocycles. The highest BCUT2D eigenvalue weighted by molar-refractivity contribution is 5.89. The quantitative estimate of drug-likeness (QED) is 0.757. The minimum Gasteiger partial charge on any atom is -0.481 e. The van der Waals surface area contributed by atoms with E-state index in [2.05, 4.69) is 5.32 Å². The zero-order valence-electron chi connectivity index (χ0n) is 12.2. The minimum atomic E-state index is -0.794. The molecule has 3 rings (SSSR count). The fraction of sp³-hybridized carbons (Fsp3) is 0.786. The first-order chi connectivity index (χ1) is 9.94. The lowest BCUT2D eigenvalue weighted by Crippen LogP contribution is -2.48. The number of fused-ring (bicyclic) bond motifs is 1. The molecular formula is C14H21N3O4. The molecule has 116 valence electrons. The number of nitrogens with one attached hydrogen (secondary N) is 1. The zero-order chi connectivity index (χ0) is 15.2. The Morgan fingerprint density at radius 1 is 1.38 bits per heavy atom.